The molecule has 8 nitrogen and oxygen atoms in total. The second kappa shape index (κ2) is 13.1. The molecule has 0 saturated carbocycles. The largest absolute Gasteiger partial charge is 0.508 e. The Kier molecular flexibility index (Phi) is 9.90. The molecule has 0 saturated heterocycles. The molecule has 0 atom stereocenters. The maximum Gasteiger partial charge on any atom is 0.271 e. The van der Waals surface area contributed by atoms with E-state index >= 15 is 0 Å². The van der Waals surface area contributed by atoms with Crippen molar-refractivity contribution in [2.45, 2.75) is 64.8 Å². The molecule has 0 aliphatic carbocycles. The van der Waals surface area contributed by atoms with E-state index in [0.29, 0.717) is 29.7 Å². The Morgan fingerprint density at radius 1 is 1.03 bits per heavy atom. The highest BCUT2D eigenvalue weighted by molar-refractivity contribution is 5.98. The zero-order valence-corrected chi connectivity index (χ0v) is 21.2. The zero-order valence-electron chi connectivity index (χ0n) is 21.2. The van der Waals surface area contributed by atoms with E-state index in [1.165, 1.54) is 18.9 Å². The maximum atomic E-state index is 12.0. The number of nitrogens with two attached hydrogens (primary N) is 2. The molecule has 3 rings (SSSR count). The van der Waals surface area contributed by atoms with E-state index < -0.39 is 5.91 Å². The quantitative estimate of drug-likeness (QED) is 0.209. The molecule has 1 aromatic heterocycles. The minimum Gasteiger partial charge on any atom is -0.508 e. The van der Waals surface area contributed by atoms with Crippen molar-refractivity contribution in [3.05, 3.63) is 64.5 Å². The number of aromatic hydroxyl groups is 2. The summed E-state index contributed by atoms with van der Waals surface area (Å²) in [6.45, 7) is 6.42. The summed E-state index contributed by atoms with van der Waals surface area (Å²) in [6, 6.07) is 11.1. The molecule has 0 bridgehead atoms. The zero-order chi connectivity index (χ0) is 26.1. The van der Waals surface area contributed by atoms with Gasteiger partial charge in [-0.15, -0.1) is 0 Å². The summed E-state index contributed by atoms with van der Waals surface area (Å²) >= 11 is 0. The van der Waals surface area contributed by atoms with Crippen LogP contribution in [0.5, 0.6) is 11.5 Å². The second-order valence-corrected chi connectivity index (χ2v) is 9.46. The SMILES string of the molecule is CC(C)c1cc(CCc2onc(C(N)=O)c2-c2ccc(CNCCCCCCN)cc2)c(O)cc1O. The van der Waals surface area contributed by atoms with Crippen molar-refractivity contribution in [2.24, 2.45) is 11.5 Å². The van der Waals surface area contributed by atoms with Gasteiger partial charge in [-0.3, -0.25) is 4.79 Å². The average molecular weight is 495 g/mol. The van der Waals surface area contributed by atoms with E-state index in [2.05, 4.69) is 10.5 Å². The summed E-state index contributed by atoms with van der Waals surface area (Å²) in [4.78, 5) is 12.0. The summed E-state index contributed by atoms with van der Waals surface area (Å²) < 4.78 is 5.52. The number of unbranched alkanes of at least 4 members (excludes halogenated alkanes) is 3. The van der Waals surface area contributed by atoms with Crippen LogP contribution >= 0.6 is 0 Å². The Morgan fingerprint density at radius 2 is 1.75 bits per heavy atom. The van der Waals surface area contributed by atoms with Crippen LogP contribution in [0.15, 0.2) is 40.9 Å². The predicted octanol–water partition coefficient (Wildman–Crippen LogP) is 4.37. The minimum absolute atomic E-state index is 0.0179. The molecule has 0 spiro atoms. The van der Waals surface area contributed by atoms with Crippen LogP contribution in [0.1, 0.15) is 78.4 Å². The maximum absolute atomic E-state index is 12.0. The molecule has 1 heterocycles. The van der Waals surface area contributed by atoms with E-state index in [0.717, 1.165) is 49.2 Å². The number of carbonyl (C=O) groups excluding carboxylic acids is 1. The molecule has 2 aromatic carbocycles. The lowest BCUT2D eigenvalue weighted by molar-refractivity contribution is 0.0992. The number of hydrogen-bond acceptors (Lipinski definition) is 7. The van der Waals surface area contributed by atoms with E-state index in [1.807, 2.05) is 38.1 Å². The lowest BCUT2D eigenvalue weighted by Crippen LogP contribution is -2.14. The molecule has 0 unspecified atom stereocenters. The summed E-state index contributed by atoms with van der Waals surface area (Å²) in [5.74, 6) is 0.0598. The van der Waals surface area contributed by atoms with Gasteiger partial charge in [-0.25, -0.2) is 0 Å². The van der Waals surface area contributed by atoms with Crippen LogP contribution in [0, 0.1) is 0 Å². The smallest absolute Gasteiger partial charge is 0.271 e. The Bertz CT molecular complexity index is 1140. The van der Waals surface area contributed by atoms with Crippen LogP contribution in [0.3, 0.4) is 0 Å². The third-order valence-electron chi connectivity index (χ3n) is 6.35. The van der Waals surface area contributed by atoms with Gasteiger partial charge in [0.1, 0.15) is 17.3 Å². The van der Waals surface area contributed by atoms with Crippen molar-refractivity contribution in [2.75, 3.05) is 13.1 Å². The van der Waals surface area contributed by atoms with Gasteiger partial charge in [-0.05, 0) is 66.6 Å². The van der Waals surface area contributed by atoms with Crippen LogP contribution in [-0.4, -0.2) is 34.4 Å². The van der Waals surface area contributed by atoms with Crippen molar-refractivity contribution >= 4 is 5.91 Å². The highest BCUT2D eigenvalue weighted by Gasteiger charge is 2.22. The minimum atomic E-state index is -0.657. The Morgan fingerprint density at radius 3 is 2.42 bits per heavy atom. The first kappa shape index (κ1) is 27.2. The van der Waals surface area contributed by atoms with Crippen LogP contribution in [0.2, 0.25) is 0 Å². The van der Waals surface area contributed by atoms with Gasteiger partial charge in [0, 0.05) is 19.0 Å². The Balaban J connectivity index is 1.71. The second-order valence-electron chi connectivity index (χ2n) is 9.46. The fourth-order valence-electron chi connectivity index (χ4n) is 4.28. The van der Waals surface area contributed by atoms with Crippen molar-refractivity contribution < 1.29 is 19.5 Å². The van der Waals surface area contributed by atoms with Gasteiger partial charge in [0.15, 0.2) is 5.69 Å². The van der Waals surface area contributed by atoms with Crippen LogP contribution in [-0.2, 0) is 19.4 Å². The molecule has 1 amide bonds. The third kappa shape index (κ3) is 7.08. The first-order valence-corrected chi connectivity index (χ1v) is 12.6. The van der Waals surface area contributed by atoms with Crippen LogP contribution < -0.4 is 16.8 Å². The molecule has 7 N–H and O–H groups in total. The van der Waals surface area contributed by atoms with E-state index in [4.69, 9.17) is 16.0 Å². The molecule has 0 fully saturated rings. The number of rotatable bonds is 14. The number of phenols is 2. The number of aromatic nitrogens is 1. The lowest BCUT2D eigenvalue weighted by Gasteiger charge is -2.12. The number of nitrogens with zero attached hydrogens (tertiary/aromatic N) is 1. The number of amides is 1. The monoisotopic (exact) mass is 494 g/mol. The molecule has 36 heavy (non-hydrogen) atoms. The Labute approximate surface area is 212 Å². The number of carbonyl (C=O) groups is 1. The highest BCUT2D eigenvalue weighted by atomic mass is 16.5. The van der Waals surface area contributed by atoms with Crippen molar-refractivity contribution in [3.8, 4) is 22.6 Å². The normalized spacial score (nSPS) is 11.3. The van der Waals surface area contributed by atoms with Gasteiger partial charge < -0.3 is 31.5 Å². The first-order chi connectivity index (χ1) is 17.3. The molecular formula is C28H38N4O4. The molecular weight excluding hydrogens is 456 g/mol. The Hall–Kier alpha value is -3.36. The van der Waals surface area contributed by atoms with Gasteiger partial charge in [0.2, 0.25) is 0 Å². The molecule has 0 aliphatic heterocycles. The number of nitrogens with one attached hydrogen (secondary N) is 1. The number of primary amides is 1. The molecule has 0 radical (unpaired) electrons. The first-order valence-electron chi connectivity index (χ1n) is 12.6. The average Bonchev–Trinajstić information content (AvgIpc) is 3.27. The van der Waals surface area contributed by atoms with Crippen molar-refractivity contribution in [3.63, 3.8) is 0 Å². The van der Waals surface area contributed by atoms with Crippen LogP contribution in [0.25, 0.3) is 11.1 Å². The summed E-state index contributed by atoms with van der Waals surface area (Å²) in [5, 5.41) is 27.8. The van der Waals surface area contributed by atoms with Crippen molar-refractivity contribution in [1.29, 1.82) is 0 Å². The molecule has 0 aliphatic rings. The number of phenolic OH excluding ortho intramolecular Hbond substituents is 2. The fourth-order valence-corrected chi connectivity index (χ4v) is 4.28. The molecule has 8 heteroatoms. The highest BCUT2D eigenvalue weighted by Crippen LogP contribution is 2.34. The predicted molar refractivity (Wildman–Crippen MR) is 141 cm³/mol. The fraction of sp³-hybridized carbons (Fsp3) is 0.429. The van der Waals surface area contributed by atoms with Gasteiger partial charge >= 0.3 is 0 Å². The number of hydrogen-bond donors (Lipinski definition) is 5. The molecule has 3 aromatic rings. The van der Waals surface area contributed by atoms with Gasteiger partial charge in [0.25, 0.3) is 5.91 Å². The summed E-state index contributed by atoms with van der Waals surface area (Å²) in [5.41, 5.74) is 15.1. The van der Waals surface area contributed by atoms with Gasteiger partial charge in [-0.1, -0.05) is 56.1 Å². The van der Waals surface area contributed by atoms with E-state index in [9.17, 15) is 15.0 Å². The summed E-state index contributed by atoms with van der Waals surface area (Å²) in [6.07, 6.45) is 5.39. The summed E-state index contributed by atoms with van der Waals surface area (Å²) in [7, 11) is 0. The van der Waals surface area contributed by atoms with Gasteiger partial charge in [-0.2, -0.15) is 0 Å². The number of benzene rings is 2. The van der Waals surface area contributed by atoms with Gasteiger partial charge in [0.05, 0.1) is 5.56 Å². The van der Waals surface area contributed by atoms with Crippen LogP contribution in [0.4, 0.5) is 0 Å². The van der Waals surface area contributed by atoms with E-state index in [1.54, 1.807) is 6.07 Å². The standard InChI is InChI=1S/C28H38N4O4/c1-18(2)22-15-21(23(33)16-24(22)34)11-12-25-26(27(28(30)35)32-36-25)20-9-7-19(8-10-20)17-31-14-6-4-3-5-13-29/h7-10,15-16,18,31,33-34H,3-6,11-14,17,29H2,1-2H3,(H2,30,35). The molecule has 194 valence electrons. The number of aryl methyl sites for hydroxylation is 2. The topological polar surface area (TPSA) is 148 Å². The van der Waals surface area contributed by atoms with Crippen molar-refractivity contribution in [1.82, 2.24) is 10.5 Å². The van der Waals surface area contributed by atoms with E-state index in [-0.39, 0.29) is 23.1 Å². The third-order valence-corrected chi connectivity index (χ3v) is 6.35. The lowest BCUT2D eigenvalue weighted by atomic mass is 9.95.